The highest BCUT2D eigenvalue weighted by molar-refractivity contribution is 7.13. The van der Waals surface area contributed by atoms with Crippen molar-refractivity contribution in [1.82, 2.24) is 10.3 Å². The topological polar surface area (TPSA) is 86.5 Å². The molecule has 9 heteroatoms. The molecule has 1 atom stereocenters. The summed E-state index contributed by atoms with van der Waals surface area (Å²) in [4.78, 5) is 16.5. The predicted molar refractivity (Wildman–Crippen MR) is 104 cm³/mol. The van der Waals surface area contributed by atoms with Gasteiger partial charge in [0.15, 0.2) is 11.5 Å². The highest BCUT2D eigenvalue weighted by Gasteiger charge is 2.16. The number of nitrogens with one attached hydrogen (secondary N) is 1. The average Bonchev–Trinajstić information content (AvgIpc) is 3.09. The molecule has 0 saturated carbocycles. The molecule has 0 spiro atoms. The summed E-state index contributed by atoms with van der Waals surface area (Å²) in [5.74, 6) is 1.53. The van der Waals surface area contributed by atoms with Crippen molar-refractivity contribution in [3.05, 3.63) is 29.3 Å². The minimum absolute atomic E-state index is 0. The maximum Gasteiger partial charge on any atom is 0.270 e. The largest absolute Gasteiger partial charge is 0.486 e. The van der Waals surface area contributed by atoms with Gasteiger partial charge in [-0.2, -0.15) is 0 Å². The van der Waals surface area contributed by atoms with Crippen LogP contribution in [0.1, 0.15) is 17.4 Å². The standard InChI is InChI=1S/C16H19N3O3S.2ClH/c1-10(7-17)8-18-15(20)12-9-23-16(19-12)11-2-3-13-14(6-11)22-5-4-21-13;;/h2-3,6,9-10H,4-5,7-8,17H2,1H3,(H,18,20);2*1H. The minimum Gasteiger partial charge on any atom is -0.486 e. The summed E-state index contributed by atoms with van der Waals surface area (Å²) in [6.45, 7) is 4.18. The second-order valence-corrected chi connectivity index (χ2v) is 6.31. The molecule has 0 fully saturated rings. The first-order chi connectivity index (χ1) is 11.2. The predicted octanol–water partition coefficient (Wildman–Crippen LogP) is 2.75. The van der Waals surface area contributed by atoms with E-state index in [1.54, 1.807) is 5.38 Å². The fourth-order valence-corrected chi connectivity index (χ4v) is 2.92. The molecule has 1 aromatic carbocycles. The van der Waals surface area contributed by atoms with Crippen molar-refractivity contribution in [2.45, 2.75) is 6.92 Å². The molecule has 1 aromatic heterocycles. The van der Waals surface area contributed by atoms with E-state index >= 15 is 0 Å². The number of nitrogens with two attached hydrogens (primary N) is 1. The van der Waals surface area contributed by atoms with Crippen molar-refractivity contribution in [3.63, 3.8) is 0 Å². The van der Waals surface area contributed by atoms with E-state index in [-0.39, 0.29) is 36.6 Å². The lowest BCUT2D eigenvalue weighted by molar-refractivity contribution is 0.0944. The summed E-state index contributed by atoms with van der Waals surface area (Å²) in [5.41, 5.74) is 6.88. The number of fused-ring (bicyclic) bond motifs is 1. The molecule has 0 bridgehead atoms. The smallest absolute Gasteiger partial charge is 0.270 e. The SMILES string of the molecule is CC(CN)CNC(=O)c1csc(-c2ccc3c(c2)OCCO3)n1.Cl.Cl. The number of benzene rings is 1. The molecular weight excluding hydrogens is 385 g/mol. The molecule has 0 saturated heterocycles. The number of carbonyl (C=O) groups excluding carboxylic acids is 1. The van der Waals surface area contributed by atoms with Crippen molar-refractivity contribution >= 4 is 42.1 Å². The van der Waals surface area contributed by atoms with Crippen molar-refractivity contribution in [3.8, 4) is 22.1 Å². The number of carbonyl (C=O) groups is 1. The molecule has 2 aromatic rings. The zero-order valence-corrected chi connectivity index (χ0v) is 16.1. The van der Waals surface area contributed by atoms with Crippen LogP contribution in [0.5, 0.6) is 11.5 Å². The number of hydrogen-bond acceptors (Lipinski definition) is 6. The van der Waals surface area contributed by atoms with Gasteiger partial charge in [-0.25, -0.2) is 4.98 Å². The maximum atomic E-state index is 12.1. The zero-order chi connectivity index (χ0) is 16.2. The number of halogens is 2. The lowest BCUT2D eigenvalue weighted by atomic mass is 10.2. The Morgan fingerprint density at radius 3 is 2.76 bits per heavy atom. The number of rotatable bonds is 5. The molecule has 1 unspecified atom stereocenters. The molecular formula is C16H21Cl2N3O3S. The number of thiazole rings is 1. The van der Waals surface area contributed by atoms with Gasteiger partial charge in [0, 0.05) is 17.5 Å². The van der Waals surface area contributed by atoms with E-state index in [2.05, 4.69) is 10.3 Å². The van der Waals surface area contributed by atoms with Crippen LogP contribution >= 0.6 is 36.2 Å². The van der Waals surface area contributed by atoms with Gasteiger partial charge in [0.25, 0.3) is 5.91 Å². The van der Waals surface area contributed by atoms with Crippen LogP contribution in [0.4, 0.5) is 0 Å². The Morgan fingerprint density at radius 1 is 1.32 bits per heavy atom. The van der Waals surface area contributed by atoms with Crippen LogP contribution in [-0.2, 0) is 0 Å². The van der Waals surface area contributed by atoms with E-state index in [1.807, 2.05) is 25.1 Å². The molecule has 1 aliphatic rings. The van der Waals surface area contributed by atoms with E-state index < -0.39 is 0 Å². The molecule has 3 rings (SSSR count). The second-order valence-electron chi connectivity index (χ2n) is 5.45. The van der Waals surface area contributed by atoms with Crippen molar-refractivity contribution in [2.75, 3.05) is 26.3 Å². The van der Waals surface area contributed by atoms with E-state index in [0.717, 1.165) is 16.3 Å². The number of aromatic nitrogens is 1. The van der Waals surface area contributed by atoms with Gasteiger partial charge in [0.1, 0.15) is 23.9 Å². The van der Waals surface area contributed by atoms with Crippen LogP contribution in [-0.4, -0.2) is 37.2 Å². The quantitative estimate of drug-likeness (QED) is 0.798. The fourth-order valence-electron chi connectivity index (χ4n) is 2.13. The second kappa shape index (κ2) is 9.82. The van der Waals surface area contributed by atoms with Crippen molar-refractivity contribution in [2.24, 2.45) is 11.7 Å². The molecule has 0 radical (unpaired) electrons. The third kappa shape index (κ3) is 5.22. The molecule has 6 nitrogen and oxygen atoms in total. The van der Waals surface area contributed by atoms with Crippen LogP contribution in [0.25, 0.3) is 10.6 Å². The average molecular weight is 406 g/mol. The van der Waals surface area contributed by atoms with Gasteiger partial charge in [-0.05, 0) is 30.7 Å². The normalized spacial score (nSPS) is 13.2. The molecule has 138 valence electrons. The number of nitrogens with zero attached hydrogens (tertiary/aromatic N) is 1. The maximum absolute atomic E-state index is 12.1. The summed E-state index contributed by atoms with van der Waals surface area (Å²) < 4.78 is 11.1. The number of hydrogen-bond donors (Lipinski definition) is 2. The minimum atomic E-state index is -0.176. The van der Waals surface area contributed by atoms with Gasteiger partial charge in [-0.1, -0.05) is 6.92 Å². The Bertz CT molecular complexity index is 712. The Kier molecular flexibility index (Phi) is 8.44. The van der Waals surface area contributed by atoms with Gasteiger partial charge in [0.2, 0.25) is 0 Å². The lowest BCUT2D eigenvalue weighted by Crippen LogP contribution is -2.31. The Balaban J connectivity index is 0.00000156. The Labute approximate surface area is 162 Å². The van der Waals surface area contributed by atoms with Gasteiger partial charge in [-0.3, -0.25) is 4.79 Å². The van der Waals surface area contributed by atoms with Crippen LogP contribution in [0.3, 0.4) is 0 Å². The summed E-state index contributed by atoms with van der Waals surface area (Å²) in [6, 6.07) is 5.68. The number of amides is 1. The van der Waals surface area contributed by atoms with E-state index in [0.29, 0.717) is 37.7 Å². The van der Waals surface area contributed by atoms with Gasteiger partial charge in [0.05, 0.1) is 0 Å². The monoisotopic (exact) mass is 405 g/mol. The third-order valence-electron chi connectivity index (χ3n) is 3.54. The summed E-state index contributed by atoms with van der Waals surface area (Å²) in [7, 11) is 0. The molecule has 1 amide bonds. The molecule has 0 aliphatic carbocycles. The molecule has 3 N–H and O–H groups in total. The number of ether oxygens (including phenoxy) is 2. The van der Waals surface area contributed by atoms with Gasteiger partial charge >= 0.3 is 0 Å². The van der Waals surface area contributed by atoms with Gasteiger partial charge < -0.3 is 20.5 Å². The summed E-state index contributed by atoms with van der Waals surface area (Å²) in [5, 5.41) is 5.38. The Hall–Kier alpha value is -1.54. The zero-order valence-electron chi connectivity index (χ0n) is 13.7. The summed E-state index contributed by atoms with van der Waals surface area (Å²) >= 11 is 1.43. The Morgan fingerprint density at radius 2 is 2.04 bits per heavy atom. The molecule has 2 heterocycles. The summed E-state index contributed by atoms with van der Waals surface area (Å²) in [6.07, 6.45) is 0. The van der Waals surface area contributed by atoms with E-state index in [1.165, 1.54) is 11.3 Å². The molecule has 25 heavy (non-hydrogen) atoms. The van der Waals surface area contributed by atoms with Crippen molar-refractivity contribution < 1.29 is 14.3 Å². The highest BCUT2D eigenvalue weighted by Crippen LogP contribution is 2.35. The van der Waals surface area contributed by atoms with Crippen LogP contribution in [0.15, 0.2) is 23.6 Å². The van der Waals surface area contributed by atoms with Crippen molar-refractivity contribution in [1.29, 1.82) is 0 Å². The fraction of sp³-hybridized carbons (Fsp3) is 0.375. The van der Waals surface area contributed by atoms with Gasteiger partial charge in [-0.15, -0.1) is 36.2 Å². The first kappa shape index (κ1) is 21.5. The third-order valence-corrected chi connectivity index (χ3v) is 4.43. The highest BCUT2D eigenvalue weighted by atomic mass is 35.5. The van der Waals surface area contributed by atoms with E-state index in [4.69, 9.17) is 15.2 Å². The first-order valence-electron chi connectivity index (χ1n) is 7.51. The first-order valence-corrected chi connectivity index (χ1v) is 8.39. The van der Waals surface area contributed by atoms with Crippen LogP contribution < -0.4 is 20.5 Å². The lowest BCUT2D eigenvalue weighted by Gasteiger charge is -2.18. The van der Waals surface area contributed by atoms with Crippen LogP contribution in [0, 0.1) is 5.92 Å². The van der Waals surface area contributed by atoms with Crippen LogP contribution in [0.2, 0.25) is 0 Å². The molecule has 1 aliphatic heterocycles. The van der Waals surface area contributed by atoms with E-state index in [9.17, 15) is 4.79 Å².